The molecule has 2 atom stereocenters. The summed E-state index contributed by atoms with van der Waals surface area (Å²) in [6, 6.07) is -0.967. The van der Waals surface area contributed by atoms with Crippen LogP contribution >= 0.6 is 34.4 Å². The molecule has 4 heterocycles. The molecule has 17 heteroatoms. The predicted octanol–water partition coefficient (Wildman–Crippen LogP) is 2.94. The van der Waals surface area contributed by atoms with Crippen molar-refractivity contribution in [1.29, 1.82) is 0 Å². The zero-order chi connectivity index (χ0) is 32.9. The largest absolute Gasteiger partial charge is 0.427 e. The van der Waals surface area contributed by atoms with Crippen LogP contribution in [-0.4, -0.2) is 101 Å². The van der Waals surface area contributed by atoms with Crippen LogP contribution in [-0.2, 0) is 33.5 Å². The molecule has 0 aliphatic carbocycles. The molecule has 0 unspecified atom stereocenters. The fraction of sp³-hybridized carbons (Fsp3) is 0.429. The zero-order valence-corrected chi connectivity index (χ0v) is 28.2. The number of esters is 2. The standard InChI is InChI=1S/C28H33N7O7S3/c1-15-18(45-13-30-15)9-8-16-10-43-24-20(23(37)35(24)21(16)25(38)41-14-42-26(39)28(2,3)4)32-22(36)19(33-40-7)17-11-44-27(31-17)29-12-34(5)6/h8-9,11-13,20,24H,10,14H2,1-7H3,(H,32,36)/b9-8-,29-12?,33-19-/t20-,24-/m1/s1. The number of carbonyl (C=O) groups is 4. The highest BCUT2D eigenvalue weighted by atomic mass is 32.2. The number of hydrogen-bond donors (Lipinski definition) is 1. The number of aryl methyl sites for hydroxylation is 1. The molecule has 2 aliphatic rings. The second-order valence-electron chi connectivity index (χ2n) is 10.9. The van der Waals surface area contributed by atoms with E-state index in [0.717, 1.165) is 10.6 Å². The lowest BCUT2D eigenvalue weighted by Crippen LogP contribution is -2.71. The van der Waals surface area contributed by atoms with Crippen molar-refractivity contribution in [1.82, 2.24) is 25.1 Å². The third kappa shape index (κ3) is 7.96. The Morgan fingerprint density at radius 2 is 1.96 bits per heavy atom. The van der Waals surface area contributed by atoms with Gasteiger partial charge in [-0.05, 0) is 39.3 Å². The zero-order valence-electron chi connectivity index (χ0n) is 25.7. The first kappa shape index (κ1) is 33.8. The van der Waals surface area contributed by atoms with Gasteiger partial charge in [0.1, 0.15) is 29.9 Å². The highest BCUT2D eigenvalue weighted by Gasteiger charge is 2.54. The van der Waals surface area contributed by atoms with E-state index in [4.69, 9.17) is 14.3 Å². The quantitative estimate of drug-likeness (QED) is 0.0930. The molecule has 14 nitrogen and oxygen atoms in total. The number of fused-ring (bicyclic) bond motifs is 1. The summed E-state index contributed by atoms with van der Waals surface area (Å²) in [6.45, 7) is 6.28. The fourth-order valence-corrected chi connectivity index (χ4v) is 6.58. The molecule has 0 aromatic carbocycles. The summed E-state index contributed by atoms with van der Waals surface area (Å²) in [6.07, 6.45) is 5.13. The molecule has 1 saturated heterocycles. The van der Waals surface area contributed by atoms with Gasteiger partial charge in [-0.25, -0.2) is 19.8 Å². The maximum absolute atomic E-state index is 13.5. The van der Waals surface area contributed by atoms with Crippen molar-refractivity contribution in [2.45, 2.75) is 39.1 Å². The molecule has 0 bridgehead atoms. The Labute approximate surface area is 272 Å². The lowest BCUT2D eigenvalue weighted by molar-refractivity contribution is -0.173. The van der Waals surface area contributed by atoms with Gasteiger partial charge in [0.25, 0.3) is 11.8 Å². The maximum atomic E-state index is 13.5. The fourth-order valence-electron chi connectivity index (χ4n) is 3.93. The summed E-state index contributed by atoms with van der Waals surface area (Å²) in [5, 5.41) is 7.94. The smallest absolute Gasteiger partial charge is 0.358 e. The van der Waals surface area contributed by atoms with Crippen LogP contribution < -0.4 is 5.32 Å². The van der Waals surface area contributed by atoms with E-state index in [1.807, 2.05) is 27.1 Å². The first-order chi connectivity index (χ1) is 21.3. The van der Waals surface area contributed by atoms with Crippen LogP contribution in [0.15, 0.2) is 38.4 Å². The van der Waals surface area contributed by atoms with Gasteiger partial charge in [-0.15, -0.1) is 34.4 Å². The first-order valence-corrected chi connectivity index (χ1v) is 16.3. The summed E-state index contributed by atoms with van der Waals surface area (Å²) < 4.78 is 10.4. The third-order valence-corrected chi connectivity index (χ3v) is 9.17. The summed E-state index contributed by atoms with van der Waals surface area (Å²) in [5.74, 6) is -2.26. The molecule has 4 rings (SSSR count). The van der Waals surface area contributed by atoms with E-state index < -0.39 is 47.4 Å². The molecule has 2 aliphatic heterocycles. The summed E-state index contributed by atoms with van der Waals surface area (Å²) in [4.78, 5) is 73.9. The molecule has 1 N–H and O–H groups in total. The number of amides is 2. The molecule has 45 heavy (non-hydrogen) atoms. The number of ether oxygens (including phenoxy) is 2. The number of nitrogens with one attached hydrogen (secondary N) is 1. The molecule has 0 radical (unpaired) electrons. The van der Waals surface area contributed by atoms with Gasteiger partial charge in [0.2, 0.25) is 11.9 Å². The Hall–Kier alpha value is -4.09. The lowest BCUT2D eigenvalue weighted by Gasteiger charge is -2.49. The Bertz CT molecular complexity index is 1590. The van der Waals surface area contributed by atoms with Crippen molar-refractivity contribution in [3.05, 3.63) is 44.5 Å². The number of rotatable bonds is 11. The average Bonchev–Trinajstić information content (AvgIpc) is 3.63. The summed E-state index contributed by atoms with van der Waals surface area (Å²) >= 11 is 4.02. The van der Waals surface area contributed by atoms with Crippen LogP contribution in [0.25, 0.3) is 6.08 Å². The van der Waals surface area contributed by atoms with E-state index in [2.05, 4.69) is 25.4 Å². The Morgan fingerprint density at radius 3 is 2.60 bits per heavy atom. The molecule has 1 fully saturated rings. The van der Waals surface area contributed by atoms with Crippen LogP contribution in [0.3, 0.4) is 0 Å². The number of carbonyl (C=O) groups excluding carboxylic acids is 4. The highest BCUT2D eigenvalue weighted by Crippen LogP contribution is 2.41. The van der Waals surface area contributed by atoms with Crippen molar-refractivity contribution in [3.63, 3.8) is 0 Å². The molecular weight excluding hydrogens is 643 g/mol. The van der Waals surface area contributed by atoms with Crippen LogP contribution in [0.4, 0.5) is 5.13 Å². The van der Waals surface area contributed by atoms with E-state index in [1.54, 1.807) is 49.0 Å². The number of thiazole rings is 2. The number of aliphatic imine (C=N–C) groups is 1. The topological polar surface area (TPSA) is 165 Å². The van der Waals surface area contributed by atoms with Crippen molar-refractivity contribution < 1.29 is 33.5 Å². The van der Waals surface area contributed by atoms with Gasteiger partial charge in [-0.1, -0.05) is 11.2 Å². The molecular formula is C28H33N7O7S3. The Balaban J connectivity index is 1.54. The number of thioether (sulfide) groups is 1. The van der Waals surface area contributed by atoms with Crippen molar-refractivity contribution in [2.75, 3.05) is 33.8 Å². The van der Waals surface area contributed by atoms with Gasteiger partial charge in [0.15, 0.2) is 5.71 Å². The highest BCUT2D eigenvalue weighted by molar-refractivity contribution is 8.00. The average molecular weight is 676 g/mol. The van der Waals surface area contributed by atoms with E-state index in [0.29, 0.717) is 16.5 Å². The predicted molar refractivity (Wildman–Crippen MR) is 172 cm³/mol. The van der Waals surface area contributed by atoms with Crippen LogP contribution in [0.2, 0.25) is 0 Å². The van der Waals surface area contributed by atoms with E-state index in [9.17, 15) is 19.2 Å². The second-order valence-corrected chi connectivity index (χ2v) is 13.8. The Morgan fingerprint density at radius 1 is 1.20 bits per heavy atom. The van der Waals surface area contributed by atoms with Gasteiger partial charge in [0.05, 0.1) is 23.0 Å². The Kier molecular flexibility index (Phi) is 10.8. The van der Waals surface area contributed by atoms with Crippen LogP contribution in [0, 0.1) is 12.3 Å². The first-order valence-electron chi connectivity index (χ1n) is 13.5. The number of aromatic nitrogens is 2. The van der Waals surface area contributed by atoms with Gasteiger partial charge in [0, 0.05) is 30.1 Å². The molecule has 2 aromatic heterocycles. The van der Waals surface area contributed by atoms with Gasteiger partial charge >= 0.3 is 11.9 Å². The van der Waals surface area contributed by atoms with Gasteiger partial charge in [-0.2, -0.15) is 0 Å². The van der Waals surface area contributed by atoms with Crippen molar-refractivity contribution in [2.24, 2.45) is 15.6 Å². The molecule has 2 amide bonds. The van der Waals surface area contributed by atoms with E-state index in [1.165, 1.54) is 46.4 Å². The third-order valence-electron chi connectivity index (χ3n) is 6.22. The van der Waals surface area contributed by atoms with Gasteiger partial charge in [-0.3, -0.25) is 19.3 Å². The van der Waals surface area contributed by atoms with E-state index in [-0.39, 0.29) is 17.1 Å². The molecule has 240 valence electrons. The number of β-lactam (4-membered cyclic amide) rings is 1. The normalized spacial score (nSPS) is 18.6. The summed E-state index contributed by atoms with van der Waals surface area (Å²) in [5.41, 5.74) is 2.38. The SMILES string of the molecule is CO/N=C(\C(=O)N[C@@H]1C(=O)N2C(C(=O)OCOC(=O)C(C)(C)C)=C(/C=C\c3scnc3C)CS[C@H]12)c1csc(N=CN(C)C)n1. The van der Waals surface area contributed by atoms with Crippen molar-refractivity contribution in [3.8, 4) is 0 Å². The van der Waals surface area contributed by atoms with Crippen LogP contribution in [0.1, 0.15) is 37.0 Å². The molecule has 0 spiro atoms. The lowest BCUT2D eigenvalue weighted by atomic mass is 9.98. The minimum atomic E-state index is -0.967. The second kappa shape index (κ2) is 14.3. The van der Waals surface area contributed by atoms with Crippen LogP contribution in [0.5, 0.6) is 0 Å². The minimum Gasteiger partial charge on any atom is -0.427 e. The van der Waals surface area contributed by atoms with E-state index >= 15 is 0 Å². The summed E-state index contributed by atoms with van der Waals surface area (Å²) in [7, 11) is 4.92. The monoisotopic (exact) mass is 675 g/mol. The number of oxime groups is 1. The molecule has 0 saturated carbocycles. The van der Waals surface area contributed by atoms with Gasteiger partial charge < -0.3 is 24.5 Å². The maximum Gasteiger partial charge on any atom is 0.358 e. The molecule has 2 aromatic rings. The number of nitrogens with zero attached hydrogens (tertiary/aromatic N) is 6. The number of allylic oxidation sites excluding steroid dienone is 1. The minimum absolute atomic E-state index is 0.00755. The number of hydrogen-bond acceptors (Lipinski definition) is 14. The van der Waals surface area contributed by atoms with Crippen molar-refractivity contribution >= 4 is 81.4 Å².